The molecule has 0 spiro atoms. The minimum atomic E-state index is -3.39. The molecule has 10 aromatic rings. The summed E-state index contributed by atoms with van der Waals surface area (Å²) in [6.07, 6.45) is 1.67. The molecule has 0 aliphatic rings. The van der Waals surface area contributed by atoms with Gasteiger partial charge < -0.3 is 5.11 Å². The Balaban J connectivity index is 0.00000922. The molecule has 0 bridgehead atoms. The molecule has 0 unspecified atom stereocenters. The van der Waals surface area contributed by atoms with E-state index in [1.807, 2.05) is 24.3 Å². The van der Waals surface area contributed by atoms with E-state index in [1.165, 1.54) is 17.7 Å². The van der Waals surface area contributed by atoms with Gasteiger partial charge in [0.1, 0.15) is 11.6 Å². The van der Waals surface area contributed by atoms with Crippen molar-refractivity contribution in [3.63, 3.8) is 0 Å². The van der Waals surface area contributed by atoms with Crippen molar-refractivity contribution in [3.8, 4) is 89.7 Å². The molecule has 5 heteroatoms. The fourth-order valence-corrected chi connectivity index (χ4v) is 10.6. The van der Waals surface area contributed by atoms with Crippen LogP contribution in [-0.2, 0) is 48.1 Å². The van der Waals surface area contributed by atoms with Crippen LogP contribution >= 0.6 is 0 Å². The van der Waals surface area contributed by atoms with E-state index in [1.54, 1.807) is 24.4 Å². The Kier molecular flexibility index (Phi) is 12.2. The smallest absolute Gasteiger partial charge is 0.148 e. The van der Waals surface area contributed by atoms with Crippen molar-refractivity contribution in [1.29, 1.82) is 0 Å². The molecule has 4 nitrogen and oxygen atoms in total. The molecule has 0 amide bonds. The van der Waals surface area contributed by atoms with Gasteiger partial charge in [0, 0.05) is 56.4 Å². The maximum Gasteiger partial charge on any atom is 0.148 e. The summed E-state index contributed by atoms with van der Waals surface area (Å²) in [7, 11) is 0. The van der Waals surface area contributed by atoms with Crippen molar-refractivity contribution in [3.05, 3.63) is 216 Å². The molecule has 2 heterocycles. The van der Waals surface area contributed by atoms with Gasteiger partial charge in [-0.05, 0) is 113 Å². The van der Waals surface area contributed by atoms with E-state index in [0.717, 1.165) is 72.4 Å². The molecule has 0 radical (unpaired) electrons. The maximum atomic E-state index is 12.9. The number of phenolic OH excluding ortho intramolecular Hbond substituents is 1. The van der Waals surface area contributed by atoms with Crippen LogP contribution in [0.25, 0.3) is 95.0 Å². The summed E-state index contributed by atoms with van der Waals surface area (Å²) in [6, 6.07) is 62.2. The van der Waals surface area contributed by atoms with Gasteiger partial charge in [0.05, 0.1) is 22.3 Å². The van der Waals surface area contributed by atoms with Crippen LogP contribution < -0.4 is 0 Å². The number of pyridine rings is 1. The quantitative estimate of drug-likeness (QED) is 0.154. The number of aromatic nitrogens is 3. The first-order chi connectivity index (χ1) is 40.5. The van der Waals surface area contributed by atoms with Crippen molar-refractivity contribution in [1.82, 2.24) is 14.5 Å². The fraction of sp³-hybridized carbons (Fsp3) is 0.270. The molecule has 0 atom stereocenters. The number of aromatic hydroxyl groups is 1. The van der Waals surface area contributed by atoms with Crippen molar-refractivity contribution >= 4 is 11.0 Å². The molecule has 79 heavy (non-hydrogen) atoms. The number of rotatable bonds is 8. The summed E-state index contributed by atoms with van der Waals surface area (Å²) in [5.41, 5.74) is 12.9. The molecule has 0 aliphatic carbocycles. The van der Waals surface area contributed by atoms with Gasteiger partial charge in [0.15, 0.2) is 0 Å². The number of hydrogen-bond donors (Lipinski definition) is 1. The van der Waals surface area contributed by atoms with Crippen LogP contribution in [0, 0.1) is 6.07 Å². The number of para-hydroxylation sites is 1. The predicted molar refractivity (Wildman–Crippen MR) is 331 cm³/mol. The average molecular weight is 1230 g/mol. The van der Waals surface area contributed by atoms with Crippen LogP contribution in [-0.4, -0.2) is 19.6 Å². The van der Waals surface area contributed by atoms with Crippen LogP contribution in [0.3, 0.4) is 0 Å². The first kappa shape index (κ1) is 45.7. The largest absolute Gasteiger partial charge is 0.507 e. The minimum Gasteiger partial charge on any atom is -0.507 e. The molecule has 2 aromatic heterocycles. The van der Waals surface area contributed by atoms with Crippen molar-refractivity contribution in [2.45, 2.75) is 131 Å². The predicted octanol–water partition coefficient (Wildman–Crippen LogP) is 20.1. The average Bonchev–Trinajstić information content (AvgIpc) is 1.63. The zero-order valence-electron chi connectivity index (χ0n) is 56.4. The zero-order chi connectivity index (χ0) is 63.2. The Bertz CT molecular complexity index is 4180. The Hall–Kier alpha value is -7.13. The molecule has 0 saturated carbocycles. The Morgan fingerprint density at radius 2 is 1.03 bits per heavy atom. The molecular weight excluding hydrogens is 1140 g/mol. The van der Waals surface area contributed by atoms with Crippen molar-refractivity contribution < 1.29 is 38.5 Å². The van der Waals surface area contributed by atoms with Crippen LogP contribution in [0.4, 0.5) is 0 Å². The molecular formula is C74H76N3OPt-. The molecule has 0 aliphatic heterocycles. The summed E-state index contributed by atoms with van der Waals surface area (Å²) >= 11 is 0. The standard InChI is InChI=1S/C74H76N3O.Pt/c1-70(2,3)54-35-32-47(33-36-54)50-38-39-75-63(44-50)53-40-52(41-55(42-53)71(4,5)6)58-29-23-31-65-67(58)76-69(60-45-56(72(7,8)9)46-62(68(60)78)74(13,14)15)77(65)64-37-34-51(43-59(64)49-26-20-17-21-27-49)66-57(48-24-18-16-19-25-48)28-22-30-61(66)73(10,11)12;/h16-39,41-46,78H,1-15H3;/q-1;/i1D3,2D3,3D3;. The molecule has 0 saturated heterocycles. The van der Waals surface area contributed by atoms with E-state index in [0.29, 0.717) is 39.3 Å². The van der Waals surface area contributed by atoms with Gasteiger partial charge in [-0.25, -0.2) is 4.98 Å². The molecule has 10 rings (SSSR count). The van der Waals surface area contributed by atoms with Crippen molar-refractivity contribution in [2.75, 3.05) is 0 Å². The van der Waals surface area contributed by atoms with E-state index in [2.05, 4.69) is 215 Å². The van der Waals surface area contributed by atoms with Gasteiger partial charge in [0.2, 0.25) is 0 Å². The second-order valence-corrected chi connectivity index (χ2v) is 25.0. The summed E-state index contributed by atoms with van der Waals surface area (Å²) in [4.78, 5) is 10.6. The Morgan fingerprint density at radius 1 is 0.443 bits per heavy atom. The normalized spacial score (nSPS) is 14.6. The number of imidazole rings is 1. The van der Waals surface area contributed by atoms with E-state index in [4.69, 9.17) is 22.3 Å². The van der Waals surface area contributed by atoms with Gasteiger partial charge in [-0.15, -0.1) is 29.3 Å². The number of hydrogen-bond acceptors (Lipinski definition) is 3. The first-order valence-electron chi connectivity index (χ1n) is 31.5. The van der Waals surface area contributed by atoms with Gasteiger partial charge in [-0.3, -0.25) is 9.55 Å². The Morgan fingerprint density at radius 3 is 1.65 bits per heavy atom. The molecule has 8 aromatic carbocycles. The summed E-state index contributed by atoms with van der Waals surface area (Å²) in [6.45, 7) is 16.0. The van der Waals surface area contributed by atoms with Crippen LogP contribution in [0.15, 0.2) is 182 Å². The third-order valence-electron chi connectivity index (χ3n) is 15.0. The second-order valence-electron chi connectivity index (χ2n) is 25.0. The molecule has 404 valence electrons. The monoisotopic (exact) mass is 1230 g/mol. The van der Waals surface area contributed by atoms with Crippen molar-refractivity contribution in [2.24, 2.45) is 0 Å². The fourth-order valence-electron chi connectivity index (χ4n) is 10.6. The van der Waals surface area contributed by atoms with Crippen LogP contribution in [0.5, 0.6) is 5.75 Å². The summed E-state index contributed by atoms with van der Waals surface area (Å²) < 4.78 is 76.7. The van der Waals surface area contributed by atoms with Gasteiger partial charge >= 0.3 is 0 Å². The second kappa shape index (κ2) is 21.2. The number of fused-ring (bicyclic) bond motifs is 1. The van der Waals surface area contributed by atoms with Gasteiger partial charge in [-0.1, -0.05) is 248 Å². The first-order valence-corrected chi connectivity index (χ1v) is 27.0. The van der Waals surface area contributed by atoms with Gasteiger partial charge in [-0.2, -0.15) is 0 Å². The van der Waals surface area contributed by atoms with E-state index in [9.17, 15) is 5.11 Å². The van der Waals surface area contributed by atoms with E-state index in [-0.39, 0.29) is 48.6 Å². The summed E-state index contributed by atoms with van der Waals surface area (Å²) in [5.74, 6) is 0.728. The number of benzene rings is 8. The minimum absolute atomic E-state index is 0. The third-order valence-corrected chi connectivity index (χ3v) is 15.0. The molecule has 0 fully saturated rings. The number of phenols is 1. The zero-order valence-corrected chi connectivity index (χ0v) is 49.7. The maximum absolute atomic E-state index is 12.9. The third kappa shape index (κ3) is 11.4. The number of nitrogens with zero attached hydrogens (tertiary/aromatic N) is 3. The van der Waals surface area contributed by atoms with E-state index < -0.39 is 31.4 Å². The SMILES string of the molecule is [2H]C([2H])([2H])C(c1ccc(-c2ccnc(-c3[c-]c(-c4cccc5c4nc(-c4cc(C(C)(C)C)cc(C(C)(C)C)c4O)n5-c4ccc(-c5c(-c6ccccc6)cccc5C(C)(C)C)cc4-c4ccccc4)cc(C(C)(C)C)c3)c2)cc1)(C([2H])([2H])[2H])C([2H])([2H])[2H].[Pt]. The topological polar surface area (TPSA) is 50.9 Å². The van der Waals surface area contributed by atoms with E-state index >= 15 is 0 Å². The Labute approximate surface area is 498 Å². The summed E-state index contributed by atoms with van der Waals surface area (Å²) in [5, 5.41) is 12.9. The van der Waals surface area contributed by atoms with Gasteiger partial charge in [0.25, 0.3) is 0 Å². The van der Waals surface area contributed by atoms with Crippen LogP contribution in [0.2, 0.25) is 0 Å². The molecule has 1 N–H and O–H groups in total. The van der Waals surface area contributed by atoms with Crippen LogP contribution in [0.1, 0.15) is 144 Å².